The van der Waals surface area contributed by atoms with E-state index in [4.69, 9.17) is 14.2 Å². The van der Waals surface area contributed by atoms with Gasteiger partial charge in [-0.15, -0.1) is 0 Å². The molecule has 0 aliphatic carbocycles. The molecule has 0 heterocycles. The molecule has 0 aromatic carbocycles. The Morgan fingerprint density at radius 3 is 0.769 bits per heavy atom. The number of rotatable bonds is 52. The molecule has 6 heteroatoms. The van der Waals surface area contributed by atoms with Gasteiger partial charge in [0.05, 0.1) is 0 Å². The Bertz CT molecular complexity index is 1090. The Morgan fingerprint density at radius 2 is 0.508 bits per heavy atom. The van der Waals surface area contributed by atoms with Crippen LogP contribution < -0.4 is 0 Å². The van der Waals surface area contributed by atoms with E-state index in [-0.39, 0.29) is 31.1 Å². The van der Waals surface area contributed by atoms with E-state index in [2.05, 4.69) is 57.2 Å². The molecule has 0 saturated carbocycles. The number of carbonyl (C=O) groups excluding carboxylic acids is 3. The van der Waals surface area contributed by atoms with E-state index < -0.39 is 6.10 Å². The fraction of sp³-hybridized carbons (Fsp3) is 0.847. The molecule has 6 nitrogen and oxygen atoms in total. The van der Waals surface area contributed by atoms with Crippen LogP contribution >= 0.6 is 0 Å². The number of allylic oxidation sites excluding steroid dienone is 6. The van der Waals surface area contributed by atoms with Gasteiger partial charge in [-0.05, 0) is 96.3 Å². The van der Waals surface area contributed by atoms with Crippen LogP contribution in [-0.2, 0) is 28.6 Å². The molecule has 0 spiro atoms. The molecule has 1 atom stereocenters. The van der Waals surface area contributed by atoms with Crippen molar-refractivity contribution in [2.45, 2.75) is 309 Å². The normalized spacial score (nSPS) is 12.2. The Labute approximate surface area is 404 Å². The predicted molar refractivity (Wildman–Crippen MR) is 279 cm³/mol. The maximum atomic E-state index is 12.8. The molecular formula is C59H108O6. The average molecular weight is 914 g/mol. The molecule has 0 aliphatic rings. The Balaban J connectivity index is 4.38. The van der Waals surface area contributed by atoms with Gasteiger partial charge in [-0.1, -0.05) is 224 Å². The average Bonchev–Trinajstić information content (AvgIpc) is 3.30. The predicted octanol–water partition coefficient (Wildman–Crippen LogP) is 18.9. The number of ether oxygens (including phenoxy) is 3. The smallest absolute Gasteiger partial charge is 0.306 e. The highest BCUT2D eigenvalue weighted by Crippen LogP contribution is 2.15. The largest absolute Gasteiger partial charge is 0.462 e. The molecule has 380 valence electrons. The van der Waals surface area contributed by atoms with Gasteiger partial charge < -0.3 is 14.2 Å². The molecule has 65 heavy (non-hydrogen) atoms. The lowest BCUT2D eigenvalue weighted by Gasteiger charge is -2.18. The molecule has 0 aromatic rings. The molecule has 0 unspecified atom stereocenters. The number of hydrogen-bond donors (Lipinski definition) is 0. The molecule has 0 rings (SSSR count). The third-order valence-electron chi connectivity index (χ3n) is 12.6. The topological polar surface area (TPSA) is 78.9 Å². The lowest BCUT2D eigenvalue weighted by Crippen LogP contribution is -2.30. The first-order valence-electron chi connectivity index (χ1n) is 28.5. The van der Waals surface area contributed by atoms with Gasteiger partial charge >= 0.3 is 17.9 Å². The first-order chi connectivity index (χ1) is 32.0. The van der Waals surface area contributed by atoms with E-state index in [0.29, 0.717) is 19.3 Å². The fourth-order valence-corrected chi connectivity index (χ4v) is 8.25. The first-order valence-corrected chi connectivity index (χ1v) is 28.5. The number of carbonyl (C=O) groups is 3. The van der Waals surface area contributed by atoms with E-state index in [1.807, 2.05) is 0 Å². The van der Waals surface area contributed by atoms with Crippen molar-refractivity contribution in [3.8, 4) is 0 Å². The molecule has 0 radical (unpaired) electrons. The summed E-state index contributed by atoms with van der Waals surface area (Å²) >= 11 is 0. The summed E-state index contributed by atoms with van der Waals surface area (Å²) in [5.41, 5.74) is 0. The zero-order valence-electron chi connectivity index (χ0n) is 43.5. The summed E-state index contributed by atoms with van der Waals surface area (Å²) in [5.74, 6) is -0.885. The van der Waals surface area contributed by atoms with Crippen molar-refractivity contribution in [3.63, 3.8) is 0 Å². The van der Waals surface area contributed by atoms with Crippen LogP contribution in [0.15, 0.2) is 36.5 Å². The van der Waals surface area contributed by atoms with Crippen molar-refractivity contribution in [2.75, 3.05) is 13.2 Å². The van der Waals surface area contributed by atoms with Crippen molar-refractivity contribution in [2.24, 2.45) is 0 Å². The van der Waals surface area contributed by atoms with Gasteiger partial charge in [0.1, 0.15) is 13.2 Å². The van der Waals surface area contributed by atoms with E-state index >= 15 is 0 Å². The van der Waals surface area contributed by atoms with E-state index in [9.17, 15) is 14.4 Å². The molecule has 0 saturated heterocycles. The van der Waals surface area contributed by atoms with Crippen LogP contribution in [0.2, 0.25) is 0 Å². The highest BCUT2D eigenvalue weighted by molar-refractivity contribution is 5.71. The lowest BCUT2D eigenvalue weighted by molar-refractivity contribution is -0.167. The van der Waals surface area contributed by atoms with Crippen LogP contribution in [-0.4, -0.2) is 37.2 Å². The molecule has 0 N–H and O–H groups in total. The summed E-state index contributed by atoms with van der Waals surface area (Å²) < 4.78 is 16.9. The van der Waals surface area contributed by atoms with Crippen LogP contribution in [0, 0.1) is 0 Å². The minimum Gasteiger partial charge on any atom is -0.462 e. The Morgan fingerprint density at radius 1 is 0.292 bits per heavy atom. The molecule has 0 aliphatic heterocycles. The van der Waals surface area contributed by atoms with Gasteiger partial charge in [0.25, 0.3) is 0 Å². The number of hydrogen-bond acceptors (Lipinski definition) is 6. The van der Waals surface area contributed by atoms with Crippen LogP contribution in [0.4, 0.5) is 0 Å². The summed E-state index contributed by atoms with van der Waals surface area (Å²) in [6.45, 7) is 6.64. The highest BCUT2D eigenvalue weighted by Gasteiger charge is 2.19. The van der Waals surface area contributed by atoms with Crippen molar-refractivity contribution >= 4 is 17.9 Å². The summed E-state index contributed by atoms with van der Waals surface area (Å²) in [6, 6.07) is 0. The third-order valence-corrected chi connectivity index (χ3v) is 12.6. The number of esters is 3. The SMILES string of the molecule is CCCCCCCC/C=C\CCCCCCCCCC(=O)OC[C@H](COC(=O)CCCCCCC/C=C\CCCCCCCC)OC(=O)CCCCCCC/C=C\CCCCCCCC. The zero-order valence-corrected chi connectivity index (χ0v) is 43.5. The van der Waals surface area contributed by atoms with Gasteiger partial charge in [0, 0.05) is 19.3 Å². The van der Waals surface area contributed by atoms with Crippen molar-refractivity contribution < 1.29 is 28.6 Å². The third kappa shape index (κ3) is 52.5. The fourth-order valence-electron chi connectivity index (χ4n) is 8.25. The molecule has 0 bridgehead atoms. The van der Waals surface area contributed by atoms with E-state index in [0.717, 1.165) is 70.6 Å². The summed E-state index contributed by atoms with van der Waals surface area (Å²) in [6.07, 6.45) is 64.1. The lowest BCUT2D eigenvalue weighted by atomic mass is 10.1. The van der Waals surface area contributed by atoms with Crippen molar-refractivity contribution in [3.05, 3.63) is 36.5 Å². The Kier molecular flexibility index (Phi) is 52.3. The van der Waals surface area contributed by atoms with Gasteiger partial charge in [0.15, 0.2) is 6.10 Å². The zero-order chi connectivity index (χ0) is 47.2. The minimum atomic E-state index is -0.780. The van der Waals surface area contributed by atoms with Crippen LogP contribution in [0.25, 0.3) is 0 Å². The van der Waals surface area contributed by atoms with Crippen molar-refractivity contribution in [1.82, 2.24) is 0 Å². The quantitative estimate of drug-likeness (QED) is 0.0262. The molecule has 0 amide bonds. The standard InChI is InChI=1S/C59H108O6/c1-4-7-10-13-16-19-22-25-28-29-32-34-37-40-43-46-49-52-58(61)64-55-56(65-59(62)53-50-47-44-41-38-35-31-27-24-21-18-15-12-9-6-3)54-63-57(60)51-48-45-42-39-36-33-30-26-23-20-17-14-11-8-5-2/h25-28,30-31,56H,4-24,29,32-55H2,1-3H3/b28-25-,30-26-,31-27-/t56-/m0/s1. The maximum absolute atomic E-state index is 12.8. The molecule has 0 fully saturated rings. The first kappa shape index (κ1) is 62.6. The van der Waals surface area contributed by atoms with Gasteiger partial charge in [-0.25, -0.2) is 0 Å². The summed E-state index contributed by atoms with van der Waals surface area (Å²) in [7, 11) is 0. The second-order valence-corrected chi connectivity index (χ2v) is 19.2. The summed E-state index contributed by atoms with van der Waals surface area (Å²) in [5, 5.41) is 0. The van der Waals surface area contributed by atoms with Crippen LogP contribution in [0.1, 0.15) is 303 Å². The second kappa shape index (κ2) is 54.2. The van der Waals surface area contributed by atoms with Crippen molar-refractivity contribution in [1.29, 1.82) is 0 Å². The maximum Gasteiger partial charge on any atom is 0.306 e. The van der Waals surface area contributed by atoms with E-state index in [1.165, 1.54) is 193 Å². The second-order valence-electron chi connectivity index (χ2n) is 19.2. The molecular weight excluding hydrogens is 805 g/mol. The molecule has 0 aromatic heterocycles. The Hall–Kier alpha value is -2.37. The van der Waals surface area contributed by atoms with Gasteiger partial charge in [-0.3, -0.25) is 14.4 Å². The highest BCUT2D eigenvalue weighted by atomic mass is 16.6. The van der Waals surface area contributed by atoms with Gasteiger partial charge in [0.2, 0.25) is 0 Å². The number of unbranched alkanes of at least 4 members (excludes halogenated alkanes) is 35. The van der Waals surface area contributed by atoms with E-state index in [1.54, 1.807) is 0 Å². The van der Waals surface area contributed by atoms with Crippen LogP contribution in [0.3, 0.4) is 0 Å². The van der Waals surface area contributed by atoms with Gasteiger partial charge in [-0.2, -0.15) is 0 Å². The summed E-state index contributed by atoms with van der Waals surface area (Å²) in [4.78, 5) is 38.1. The minimum absolute atomic E-state index is 0.0783. The monoisotopic (exact) mass is 913 g/mol. The van der Waals surface area contributed by atoms with Crippen LogP contribution in [0.5, 0.6) is 0 Å².